The van der Waals surface area contributed by atoms with Crippen LogP contribution in [0, 0.1) is 0 Å². The molecule has 0 aliphatic carbocycles. The summed E-state index contributed by atoms with van der Waals surface area (Å²) in [5, 5.41) is 18.9. The van der Waals surface area contributed by atoms with Gasteiger partial charge in [-0.25, -0.2) is 4.98 Å². The lowest BCUT2D eigenvalue weighted by molar-refractivity contribution is -0.119. The van der Waals surface area contributed by atoms with Crippen molar-refractivity contribution in [3.05, 3.63) is 81.7 Å². The molecule has 1 aliphatic rings. The average Bonchev–Trinajstić information content (AvgIpc) is 3.50. The number of carbonyl (C=O) groups excluding carboxylic acids is 2. The van der Waals surface area contributed by atoms with E-state index in [0.717, 1.165) is 17.5 Å². The van der Waals surface area contributed by atoms with Crippen molar-refractivity contribution < 1.29 is 24.2 Å². The lowest BCUT2D eigenvalue weighted by Crippen LogP contribution is -2.35. The van der Waals surface area contributed by atoms with Gasteiger partial charge in [-0.1, -0.05) is 41.4 Å². The number of rotatable bonds is 14. The summed E-state index contributed by atoms with van der Waals surface area (Å²) >= 11 is 13.8. The number of amides is 2. The number of benzene rings is 1. The molecule has 1 fully saturated rings. The monoisotopic (exact) mass is 693 g/mol. The predicted molar refractivity (Wildman–Crippen MR) is 185 cm³/mol. The Morgan fingerprint density at radius 1 is 1.08 bits per heavy atom. The second-order valence-corrected chi connectivity index (χ2v) is 12.0. The van der Waals surface area contributed by atoms with Gasteiger partial charge in [-0.05, 0) is 31.7 Å². The quantitative estimate of drug-likeness (QED) is 0.148. The van der Waals surface area contributed by atoms with Crippen LogP contribution < -0.4 is 25.4 Å². The van der Waals surface area contributed by atoms with Crippen molar-refractivity contribution >= 4 is 40.7 Å². The van der Waals surface area contributed by atoms with Crippen LogP contribution in [0.15, 0.2) is 54.9 Å². The third-order valence-corrected chi connectivity index (χ3v) is 8.70. The molecule has 3 aromatic heterocycles. The Hall–Kier alpha value is -4.33. The fourth-order valence-electron chi connectivity index (χ4n) is 5.41. The number of hydrogen-bond donors (Lipinski definition) is 4. The van der Waals surface area contributed by atoms with Crippen LogP contribution >= 0.6 is 23.2 Å². The van der Waals surface area contributed by atoms with Crippen molar-refractivity contribution in [2.45, 2.75) is 32.0 Å². The Morgan fingerprint density at radius 3 is 2.65 bits per heavy atom. The molecule has 0 unspecified atom stereocenters. The predicted octanol–water partition coefficient (Wildman–Crippen LogP) is 4.57. The van der Waals surface area contributed by atoms with E-state index >= 15 is 0 Å². The first-order valence-electron chi connectivity index (χ1n) is 15.3. The minimum absolute atomic E-state index is 0.0268. The molecule has 14 heteroatoms. The van der Waals surface area contributed by atoms with E-state index in [1.54, 1.807) is 49.8 Å². The highest BCUT2D eigenvalue weighted by atomic mass is 35.5. The molecule has 0 radical (unpaired) electrons. The van der Waals surface area contributed by atoms with Crippen LogP contribution in [0.2, 0.25) is 10.0 Å². The SMILES string of the molecule is COc1cc(C(=O)Nc2cccc(-c3nccc(-c4ccc(CNC[C@@H]5CCC(=O)N5)c(OC)n4)c3Cl)c2Cl)ncc1CN(C)CCO. The number of halogens is 2. The lowest BCUT2D eigenvalue weighted by atomic mass is 10.1. The number of pyridine rings is 3. The van der Waals surface area contributed by atoms with Gasteiger partial charge in [0.1, 0.15) is 11.4 Å². The molecule has 1 saturated heterocycles. The molecule has 252 valence electrons. The van der Waals surface area contributed by atoms with Gasteiger partial charge in [0, 0.05) is 79.4 Å². The number of aliphatic hydroxyl groups is 1. The molecule has 0 bridgehead atoms. The zero-order valence-corrected chi connectivity index (χ0v) is 28.4. The third-order valence-electron chi connectivity index (χ3n) is 7.91. The number of methoxy groups -OCH3 is 2. The normalized spacial score (nSPS) is 14.2. The molecule has 4 aromatic rings. The van der Waals surface area contributed by atoms with Crippen molar-refractivity contribution in [1.29, 1.82) is 0 Å². The Morgan fingerprint density at radius 2 is 1.92 bits per heavy atom. The maximum absolute atomic E-state index is 13.2. The van der Waals surface area contributed by atoms with Gasteiger partial charge in [-0.2, -0.15) is 0 Å². The molecule has 0 spiro atoms. The highest BCUT2D eigenvalue weighted by molar-refractivity contribution is 6.39. The maximum atomic E-state index is 13.2. The molecular formula is C34H37Cl2N7O5. The molecular weight excluding hydrogens is 657 g/mol. The van der Waals surface area contributed by atoms with Crippen LogP contribution in [-0.2, 0) is 17.9 Å². The van der Waals surface area contributed by atoms with Gasteiger partial charge in [-0.3, -0.25) is 24.5 Å². The molecule has 0 saturated carbocycles. The van der Waals surface area contributed by atoms with Gasteiger partial charge >= 0.3 is 0 Å². The van der Waals surface area contributed by atoms with Crippen molar-refractivity contribution in [2.75, 3.05) is 46.3 Å². The molecule has 5 rings (SSSR count). The summed E-state index contributed by atoms with van der Waals surface area (Å²) in [5.41, 5.74) is 4.27. The van der Waals surface area contributed by atoms with E-state index in [4.69, 9.17) is 37.7 Å². The number of carbonyl (C=O) groups is 2. The fourth-order valence-corrected chi connectivity index (χ4v) is 5.98. The van der Waals surface area contributed by atoms with Crippen LogP contribution in [0.4, 0.5) is 5.69 Å². The van der Waals surface area contributed by atoms with E-state index < -0.39 is 5.91 Å². The van der Waals surface area contributed by atoms with Crippen LogP contribution in [0.1, 0.15) is 34.5 Å². The fraction of sp³-hybridized carbons (Fsp3) is 0.324. The number of aromatic nitrogens is 3. The van der Waals surface area contributed by atoms with Crippen LogP contribution in [0.5, 0.6) is 11.6 Å². The van der Waals surface area contributed by atoms with E-state index in [9.17, 15) is 14.7 Å². The highest BCUT2D eigenvalue weighted by Crippen LogP contribution is 2.40. The number of likely N-dealkylation sites (N-methyl/N-ethyl adjacent to an activating group) is 1. The first-order valence-corrected chi connectivity index (χ1v) is 16.1. The van der Waals surface area contributed by atoms with E-state index in [1.165, 1.54) is 7.11 Å². The number of nitrogens with zero attached hydrogens (tertiary/aromatic N) is 4. The Bertz CT molecular complexity index is 1790. The molecule has 1 aliphatic heterocycles. The minimum atomic E-state index is -0.478. The maximum Gasteiger partial charge on any atom is 0.274 e. The summed E-state index contributed by atoms with van der Waals surface area (Å²) in [4.78, 5) is 40.2. The molecule has 48 heavy (non-hydrogen) atoms. The van der Waals surface area contributed by atoms with Crippen molar-refractivity contribution in [3.63, 3.8) is 0 Å². The molecule has 2 amide bonds. The lowest BCUT2D eigenvalue weighted by Gasteiger charge is -2.17. The summed E-state index contributed by atoms with van der Waals surface area (Å²) in [5.74, 6) is 0.551. The smallest absolute Gasteiger partial charge is 0.274 e. The topological polar surface area (TPSA) is 151 Å². The Labute approximate surface area is 288 Å². The molecule has 4 heterocycles. The summed E-state index contributed by atoms with van der Waals surface area (Å²) < 4.78 is 11.1. The number of anilines is 1. The third kappa shape index (κ3) is 8.20. The van der Waals surface area contributed by atoms with Gasteiger partial charge in [0.25, 0.3) is 5.91 Å². The van der Waals surface area contributed by atoms with Gasteiger partial charge in [0.05, 0.1) is 47.9 Å². The highest BCUT2D eigenvalue weighted by Gasteiger charge is 2.22. The van der Waals surface area contributed by atoms with E-state index in [2.05, 4.69) is 25.9 Å². The van der Waals surface area contributed by atoms with Crippen molar-refractivity contribution in [3.8, 4) is 34.1 Å². The number of ether oxygens (including phenoxy) is 2. The second kappa shape index (κ2) is 16.2. The van der Waals surface area contributed by atoms with Crippen molar-refractivity contribution in [1.82, 2.24) is 30.5 Å². The minimum Gasteiger partial charge on any atom is -0.496 e. The number of hydrogen-bond acceptors (Lipinski definition) is 10. The molecule has 1 atom stereocenters. The summed E-state index contributed by atoms with van der Waals surface area (Å²) in [6, 6.07) is 12.4. The standard InChI is InChI=1S/C34H37Cl2N7O5/c1-43(13-14-44)19-21-17-39-27(15-28(21)47-2)33(46)41-26-6-4-5-24(30(26)35)32-31(36)23(11-12-38-32)25-9-7-20(34(42-25)48-3)16-37-18-22-8-10-29(45)40-22/h4-7,9,11-12,15,17,22,37,44H,8,10,13-14,16,18-19H2,1-3H3,(H,40,45)(H,41,46)/t22-/m0/s1. The van der Waals surface area contributed by atoms with E-state index in [1.807, 2.05) is 24.1 Å². The van der Waals surface area contributed by atoms with Gasteiger partial charge in [0.2, 0.25) is 11.8 Å². The number of nitrogens with one attached hydrogen (secondary N) is 3. The van der Waals surface area contributed by atoms with Crippen LogP contribution in [-0.4, -0.2) is 83.8 Å². The van der Waals surface area contributed by atoms with E-state index in [-0.39, 0.29) is 29.3 Å². The van der Waals surface area contributed by atoms with Gasteiger partial charge in [0.15, 0.2) is 0 Å². The van der Waals surface area contributed by atoms with Gasteiger partial charge in [-0.15, -0.1) is 0 Å². The average molecular weight is 695 g/mol. The largest absolute Gasteiger partial charge is 0.496 e. The molecule has 1 aromatic carbocycles. The zero-order chi connectivity index (χ0) is 34.2. The summed E-state index contributed by atoms with van der Waals surface area (Å²) in [6.45, 7) is 2.17. The molecule has 12 nitrogen and oxygen atoms in total. The Balaban J connectivity index is 1.34. The first-order chi connectivity index (χ1) is 23.2. The van der Waals surface area contributed by atoms with Crippen LogP contribution in [0.3, 0.4) is 0 Å². The van der Waals surface area contributed by atoms with Gasteiger partial charge < -0.3 is 30.5 Å². The summed E-state index contributed by atoms with van der Waals surface area (Å²) in [7, 11) is 4.95. The first kappa shape index (κ1) is 35.0. The summed E-state index contributed by atoms with van der Waals surface area (Å²) in [6.07, 6.45) is 4.57. The second-order valence-electron chi connectivity index (χ2n) is 11.3. The van der Waals surface area contributed by atoms with Crippen molar-refractivity contribution in [2.24, 2.45) is 0 Å². The van der Waals surface area contributed by atoms with Crippen LogP contribution in [0.25, 0.3) is 22.5 Å². The zero-order valence-electron chi connectivity index (χ0n) is 26.8. The molecule has 4 N–H and O–H groups in total. The number of aliphatic hydroxyl groups excluding tert-OH is 1. The Kier molecular flexibility index (Phi) is 11.8. The van der Waals surface area contributed by atoms with E-state index in [0.29, 0.717) is 77.5 Å².